The molecule has 0 aliphatic rings. The summed E-state index contributed by atoms with van der Waals surface area (Å²) in [5.74, 6) is 0.636. The first kappa shape index (κ1) is 14.7. The summed E-state index contributed by atoms with van der Waals surface area (Å²) in [5, 5.41) is 3.86. The van der Waals surface area contributed by atoms with Crippen molar-refractivity contribution < 1.29 is 19.1 Å². The Morgan fingerprint density at radius 1 is 1.29 bits per heavy atom. The fourth-order valence-electron chi connectivity index (χ4n) is 1.41. The molecule has 21 heavy (non-hydrogen) atoms. The topological polar surface area (TPSA) is 83.3 Å². The van der Waals surface area contributed by atoms with Crippen molar-refractivity contribution in [1.82, 2.24) is 14.8 Å². The maximum absolute atomic E-state index is 11.8. The monoisotopic (exact) mass is 289 g/mol. The van der Waals surface area contributed by atoms with Crippen molar-refractivity contribution in [2.24, 2.45) is 0 Å². The number of carbonyl (C=O) groups is 2. The summed E-state index contributed by atoms with van der Waals surface area (Å²) in [4.78, 5) is 26.3. The number of carbonyl (C=O) groups excluding carboxylic acids is 2. The molecule has 2 rings (SSSR count). The molecule has 0 bridgehead atoms. The molecule has 0 fully saturated rings. The van der Waals surface area contributed by atoms with Gasteiger partial charge in [-0.2, -0.15) is 9.78 Å². The van der Waals surface area contributed by atoms with Crippen LogP contribution >= 0.6 is 0 Å². The summed E-state index contributed by atoms with van der Waals surface area (Å²) >= 11 is 0. The van der Waals surface area contributed by atoms with Gasteiger partial charge in [0.05, 0.1) is 12.4 Å². The van der Waals surface area contributed by atoms with Crippen LogP contribution in [-0.2, 0) is 4.74 Å². The van der Waals surface area contributed by atoms with E-state index in [4.69, 9.17) is 9.47 Å². The highest BCUT2D eigenvalue weighted by Gasteiger charge is 2.18. The number of nitrogens with zero attached hydrogens (tertiary/aromatic N) is 3. The van der Waals surface area contributed by atoms with Gasteiger partial charge in [-0.25, -0.2) is 9.78 Å². The van der Waals surface area contributed by atoms with Crippen LogP contribution < -0.4 is 4.74 Å². The first-order valence-electron chi connectivity index (χ1n) is 6.24. The Morgan fingerprint density at radius 3 is 2.62 bits per heavy atom. The Kier molecular flexibility index (Phi) is 4.02. The predicted octanol–water partition coefficient (Wildman–Crippen LogP) is 2.67. The molecule has 0 aromatic carbocycles. The molecular weight excluding hydrogens is 274 g/mol. The van der Waals surface area contributed by atoms with Crippen LogP contribution in [0.25, 0.3) is 0 Å². The van der Waals surface area contributed by atoms with E-state index in [2.05, 4.69) is 10.1 Å². The second-order valence-electron chi connectivity index (χ2n) is 5.25. The van der Waals surface area contributed by atoms with Crippen LogP contribution in [0.2, 0.25) is 0 Å². The van der Waals surface area contributed by atoms with Gasteiger partial charge < -0.3 is 9.47 Å². The van der Waals surface area contributed by atoms with E-state index in [1.54, 1.807) is 32.9 Å². The lowest BCUT2D eigenvalue weighted by Gasteiger charge is -2.18. The Bertz CT molecular complexity index is 641. The summed E-state index contributed by atoms with van der Waals surface area (Å²) in [7, 11) is 0. The summed E-state index contributed by atoms with van der Waals surface area (Å²) in [6, 6.07) is 3.13. The third kappa shape index (κ3) is 4.13. The van der Waals surface area contributed by atoms with Gasteiger partial charge in [0.15, 0.2) is 12.0 Å². The van der Waals surface area contributed by atoms with Crippen LogP contribution in [0, 0.1) is 0 Å². The minimum Gasteiger partial charge on any atom is -0.442 e. The minimum atomic E-state index is -0.601. The highest BCUT2D eigenvalue weighted by Crippen LogP contribution is 2.19. The molecule has 0 amide bonds. The lowest BCUT2D eigenvalue weighted by molar-refractivity contribution is 0.0514. The molecule has 2 heterocycles. The maximum atomic E-state index is 11.8. The van der Waals surface area contributed by atoms with Crippen molar-refractivity contribution in [3.8, 4) is 11.6 Å². The quantitative estimate of drug-likeness (QED) is 0.808. The van der Waals surface area contributed by atoms with Gasteiger partial charge in [-0.1, -0.05) is 0 Å². The lowest BCUT2D eigenvalue weighted by Crippen LogP contribution is -2.27. The van der Waals surface area contributed by atoms with Crippen LogP contribution in [0.15, 0.2) is 30.7 Å². The average Bonchev–Trinajstić information content (AvgIpc) is 2.86. The molecular formula is C14H15N3O4. The Morgan fingerprint density at radius 2 is 2.05 bits per heavy atom. The first-order valence-corrected chi connectivity index (χ1v) is 6.24. The predicted molar refractivity (Wildman–Crippen MR) is 73.6 cm³/mol. The van der Waals surface area contributed by atoms with Crippen molar-refractivity contribution in [3.63, 3.8) is 0 Å². The highest BCUT2D eigenvalue weighted by atomic mass is 16.6. The fourth-order valence-corrected chi connectivity index (χ4v) is 1.41. The molecule has 7 heteroatoms. The SMILES string of the molecule is CC(C)(C)OC(=O)n1cc(Oc2ccc(C=O)cn2)cn1. The molecule has 0 saturated carbocycles. The van der Waals surface area contributed by atoms with Crippen molar-refractivity contribution >= 4 is 12.4 Å². The van der Waals surface area contributed by atoms with E-state index < -0.39 is 11.7 Å². The van der Waals surface area contributed by atoms with Crippen LogP contribution in [0.1, 0.15) is 31.1 Å². The van der Waals surface area contributed by atoms with Crippen molar-refractivity contribution in [2.75, 3.05) is 0 Å². The molecule has 0 radical (unpaired) electrons. The smallest absolute Gasteiger partial charge is 0.435 e. The zero-order chi connectivity index (χ0) is 15.5. The molecule has 7 nitrogen and oxygen atoms in total. The van der Waals surface area contributed by atoms with Gasteiger partial charge in [0.1, 0.15) is 5.60 Å². The van der Waals surface area contributed by atoms with Crippen molar-refractivity contribution in [1.29, 1.82) is 0 Å². The number of ether oxygens (including phenoxy) is 2. The molecule has 2 aromatic rings. The molecule has 110 valence electrons. The Hall–Kier alpha value is -2.70. The average molecular weight is 289 g/mol. The lowest BCUT2D eigenvalue weighted by atomic mass is 10.2. The van der Waals surface area contributed by atoms with E-state index in [1.807, 2.05) is 0 Å². The van der Waals surface area contributed by atoms with Gasteiger partial charge in [0, 0.05) is 17.8 Å². The molecule has 0 saturated heterocycles. The molecule has 0 spiro atoms. The van der Waals surface area contributed by atoms with E-state index in [-0.39, 0.29) is 0 Å². The minimum absolute atomic E-state index is 0.296. The van der Waals surface area contributed by atoms with E-state index in [9.17, 15) is 9.59 Å². The number of hydrogen-bond donors (Lipinski definition) is 0. The molecule has 2 aromatic heterocycles. The van der Waals surface area contributed by atoms with Gasteiger partial charge in [-0.3, -0.25) is 4.79 Å². The van der Waals surface area contributed by atoms with Gasteiger partial charge >= 0.3 is 6.09 Å². The van der Waals surface area contributed by atoms with E-state index in [0.29, 0.717) is 23.5 Å². The molecule has 0 unspecified atom stereocenters. The summed E-state index contributed by atoms with van der Waals surface area (Å²) in [6.07, 6.45) is 4.25. The normalized spacial score (nSPS) is 11.0. The first-order chi connectivity index (χ1) is 9.87. The van der Waals surface area contributed by atoms with E-state index >= 15 is 0 Å². The molecule has 0 aliphatic heterocycles. The van der Waals surface area contributed by atoms with Gasteiger partial charge in [0.25, 0.3) is 0 Å². The summed E-state index contributed by atoms with van der Waals surface area (Å²) in [5.41, 5.74) is -0.150. The zero-order valence-corrected chi connectivity index (χ0v) is 11.9. The zero-order valence-electron chi connectivity index (χ0n) is 11.9. The summed E-state index contributed by atoms with van der Waals surface area (Å²) in [6.45, 7) is 5.30. The third-order valence-corrected chi connectivity index (χ3v) is 2.26. The van der Waals surface area contributed by atoms with E-state index in [1.165, 1.54) is 18.6 Å². The molecule has 0 atom stereocenters. The second-order valence-corrected chi connectivity index (χ2v) is 5.25. The number of pyridine rings is 1. The maximum Gasteiger partial charge on any atom is 0.435 e. The van der Waals surface area contributed by atoms with Crippen LogP contribution in [-0.4, -0.2) is 32.7 Å². The Balaban J connectivity index is 2.05. The molecule has 0 aliphatic carbocycles. The van der Waals surface area contributed by atoms with Crippen LogP contribution in [0.5, 0.6) is 11.6 Å². The standard InChI is InChI=1S/C14H15N3O4/c1-14(2,3)21-13(19)17-8-11(7-16-17)20-12-5-4-10(9-18)6-15-12/h4-9H,1-3H3. The number of hydrogen-bond acceptors (Lipinski definition) is 6. The third-order valence-electron chi connectivity index (χ3n) is 2.26. The van der Waals surface area contributed by atoms with Crippen molar-refractivity contribution in [3.05, 3.63) is 36.3 Å². The molecule has 0 N–H and O–H groups in total. The highest BCUT2D eigenvalue weighted by molar-refractivity contribution is 5.74. The summed E-state index contributed by atoms with van der Waals surface area (Å²) < 4.78 is 11.6. The van der Waals surface area contributed by atoms with Crippen LogP contribution in [0.4, 0.5) is 4.79 Å². The van der Waals surface area contributed by atoms with Gasteiger partial charge in [-0.05, 0) is 26.8 Å². The van der Waals surface area contributed by atoms with Gasteiger partial charge in [0.2, 0.25) is 5.88 Å². The number of aldehydes is 1. The van der Waals surface area contributed by atoms with Gasteiger partial charge in [-0.15, -0.1) is 0 Å². The number of rotatable bonds is 3. The largest absolute Gasteiger partial charge is 0.442 e. The second kappa shape index (κ2) is 5.74. The van der Waals surface area contributed by atoms with Crippen molar-refractivity contribution in [2.45, 2.75) is 26.4 Å². The van der Waals surface area contributed by atoms with E-state index in [0.717, 1.165) is 4.68 Å². The Labute approximate surface area is 121 Å². The fraction of sp³-hybridized carbons (Fsp3) is 0.286. The number of aromatic nitrogens is 3. The van der Waals surface area contributed by atoms with Crippen LogP contribution in [0.3, 0.4) is 0 Å².